The van der Waals surface area contributed by atoms with Gasteiger partial charge >= 0.3 is 0 Å². The van der Waals surface area contributed by atoms with E-state index in [0.717, 1.165) is 18.4 Å². The van der Waals surface area contributed by atoms with E-state index in [-0.39, 0.29) is 11.4 Å². The van der Waals surface area contributed by atoms with E-state index in [1.165, 1.54) is 0 Å². The van der Waals surface area contributed by atoms with Crippen molar-refractivity contribution in [3.8, 4) is 0 Å². The summed E-state index contributed by atoms with van der Waals surface area (Å²) in [7, 11) is 0. The first kappa shape index (κ1) is 15.6. The van der Waals surface area contributed by atoms with E-state index in [4.69, 9.17) is 28.9 Å². The molecule has 5 heteroatoms. The third-order valence-corrected chi connectivity index (χ3v) is 4.55. The number of benzene rings is 1. The van der Waals surface area contributed by atoms with Crippen molar-refractivity contribution in [1.29, 1.82) is 0 Å². The molecule has 20 heavy (non-hydrogen) atoms. The first-order valence-corrected chi connectivity index (χ1v) is 7.65. The van der Waals surface area contributed by atoms with Crippen LogP contribution < -0.4 is 11.1 Å². The van der Waals surface area contributed by atoms with Crippen LogP contribution >= 0.6 is 23.2 Å². The van der Waals surface area contributed by atoms with E-state index >= 15 is 0 Å². The van der Waals surface area contributed by atoms with E-state index in [9.17, 15) is 4.79 Å². The molecule has 1 aliphatic carbocycles. The van der Waals surface area contributed by atoms with E-state index in [0.29, 0.717) is 35.3 Å². The molecule has 0 saturated heterocycles. The van der Waals surface area contributed by atoms with Crippen LogP contribution in [0.1, 0.15) is 31.7 Å². The highest BCUT2D eigenvalue weighted by Gasteiger charge is 2.41. The van der Waals surface area contributed by atoms with E-state index < -0.39 is 0 Å². The zero-order chi connectivity index (χ0) is 14.8. The van der Waals surface area contributed by atoms with Gasteiger partial charge in [0.1, 0.15) is 0 Å². The molecule has 110 valence electrons. The lowest BCUT2D eigenvalue weighted by atomic mass is 9.95. The fourth-order valence-corrected chi connectivity index (χ4v) is 2.90. The van der Waals surface area contributed by atoms with Crippen molar-refractivity contribution in [2.45, 2.75) is 38.1 Å². The molecule has 1 amide bonds. The maximum absolute atomic E-state index is 12.1. The number of nitrogens with two attached hydrogens (primary N) is 1. The molecule has 0 bridgehead atoms. The van der Waals surface area contributed by atoms with Gasteiger partial charge in [0.15, 0.2) is 0 Å². The topological polar surface area (TPSA) is 55.1 Å². The van der Waals surface area contributed by atoms with Crippen molar-refractivity contribution in [2.24, 2.45) is 11.7 Å². The number of carbonyl (C=O) groups is 1. The number of hydrogen-bond acceptors (Lipinski definition) is 2. The highest BCUT2D eigenvalue weighted by Crippen LogP contribution is 2.39. The fourth-order valence-electron chi connectivity index (χ4n) is 2.39. The number of halogens is 2. The highest BCUT2D eigenvalue weighted by molar-refractivity contribution is 6.35. The molecule has 0 heterocycles. The van der Waals surface area contributed by atoms with Gasteiger partial charge in [-0.15, -0.1) is 0 Å². The molecule has 0 spiro atoms. The first-order valence-electron chi connectivity index (χ1n) is 6.89. The number of nitrogens with one attached hydrogen (secondary N) is 1. The summed E-state index contributed by atoms with van der Waals surface area (Å²) in [5.74, 6) is 0.548. The minimum Gasteiger partial charge on any atom is -0.349 e. The number of rotatable bonds is 6. The minimum absolute atomic E-state index is 0.0240. The molecule has 0 aliphatic heterocycles. The van der Waals surface area contributed by atoms with E-state index in [2.05, 4.69) is 5.32 Å². The van der Waals surface area contributed by atoms with Gasteiger partial charge in [-0.05, 0) is 49.8 Å². The summed E-state index contributed by atoms with van der Waals surface area (Å²) in [6, 6.07) is 5.35. The lowest BCUT2D eigenvalue weighted by Crippen LogP contribution is -2.53. The van der Waals surface area contributed by atoms with Crippen molar-refractivity contribution in [3.63, 3.8) is 0 Å². The van der Waals surface area contributed by atoms with Crippen LogP contribution in [0.25, 0.3) is 0 Å². The second-order valence-corrected chi connectivity index (χ2v) is 6.52. The van der Waals surface area contributed by atoms with Crippen molar-refractivity contribution in [1.82, 2.24) is 5.32 Å². The molecule has 3 N–H and O–H groups in total. The summed E-state index contributed by atoms with van der Waals surface area (Å²) in [6.45, 7) is 2.50. The molecule has 1 atom stereocenters. The Balaban J connectivity index is 1.88. The molecule has 1 fully saturated rings. The summed E-state index contributed by atoms with van der Waals surface area (Å²) < 4.78 is 0. The number of amides is 1. The van der Waals surface area contributed by atoms with Crippen molar-refractivity contribution >= 4 is 29.1 Å². The van der Waals surface area contributed by atoms with Crippen LogP contribution in [0.3, 0.4) is 0 Å². The van der Waals surface area contributed by atoms with Gasteiger partial charge in [-0.3, -0.25) is 4.79 Å². The van der Waals surface area contributed by atoms with Gasteiger partial charge in [0.2, 0.25) is 5.91 Å². The monoisotopic (exact) mass is 314 g/mol. The normalized spacial score (nSPS) is 17.6. The largest absolute Gasteiger partial charge is 0.349 e. The quantitative estimate of drug-likeness (QED) is 0.847. The molecule has 1 saturated carbocycles. The van der Waals surface area contributed by atoms with Crippen LogP contribution in [0.2, 0.25) is 10.0 Å². The molecule has 0 radical (unpaired) electrons. The molecule has 0 aromatic heterocycles. The van der Waals surface area contributed by atoms with Crippen LogP contribution in [0.4, 0.5) is 0 Å². The van der Waals surface area contributed by atoms with Gasteiger partial charge in [0, 0.05) is 23.0 Å². The lowest BCUT2D eigenvalue weighted by molar-refractivity contribution is -0.123. The summed E-state index contributed by atoms with van der Waals surface area (Å²) in [4.78, 5) is 12.1. The Kier molecular flexibility index (Phi) is 4.95. The molecular formula is C15H20Cl2N2O. The van der Waals surface area contributed by atoms with Crippen molar-refractivity contribution in [2.75, 3.05) is 6.54 Å². The zero-order valence-corrected chi connectivity index (χ0v) is 13.1. The Morgan fingerprint density at radius 3 is 2.70 bits per heavy atom. The number of carbonyl (C=O) groups excluding carboxylic acids is 1. The summed E-state index contributed by atoms with van der Waals surface area (Å²) >= 11 is 11.9. The maximum Gasteiger partial charge on any atom is 0.220 e. The zero-order valence-electron chi connectivity index (χ0n) is 11.6. The van der Waals surface area contributed by atoms with Crippen LogP contribution in [0.5, 0.6) is 0 Å². The first-order chi connectivity index (χ1) is 9.44. The molecular weight excluding hydrogens is 295 g/mol. The number of aryl methyl sites for hydroxylation is 1. The van der Waals surface area contributed by atoms with Gasteiger partial charge in [-0.2, -0.15) is 0 Å². The van der Waals surface area contributed by atoms with Crippen LogP contribution in [-0.4, -0.2) is 18.0 Å². The Morgan fingerprint density at radius 1 is 1.45 bits per heavy atom. The van der Waals surface area contributed by atoms with Gasteiger partial charge in [0.25, 0.3) is 0 Å². The predicted octanol–water partition coefficient (Wildman–Crippen LogP) is 3.17. The van der Waals surface area contributed by atoms with Crippen molar-refractivity contribution < 1.29 is 4.79 Å². The lowest BCUT2D eigenvalue weighted by Gasteiger charge is -2.29. The molecule has 1 aliphatic rings. The maximum atomic E-state index is 12.1. The molecule has 3 nitrogen and oxygen atoms in total. The van der Waals surface area contributed by atoms with Crippen LogP contribution in [-0.2, 0) is 11.2 Å². The average Bonchev–Trinajstić information content (AvgIpc) is 3.22. The van der Waals surface area contributed by atoms with Gasteiger partial charge < -0.3 is 11.1 Å². The molecule has 1 aromatic rings. The van der Waals surface area contributed by atoms with Crippen LogP contribution in [0, 0.1) is 5.92 Å². The molecule has 2 rings (SSSR count). The van der Waals surface area contributed by atoms with E-state index in [1.807, 2.05) is 13.0 Å². The van der Waals surface area contributed by atoms with Gasteiger partial charge in [0.05, 0.1) is 5.54 Å². The summed E-state index contributed by atoms with van der Waals surface area (Å²) in [6.07, 6.45) is 3.31. The molecule has 1 aromatic carbocycles. The van der Waals surface area contributed by atoms with Gasteiger partial charge in [-0.1, -0.05) is 29.3 Å². The fraction of sp³-hybridized carbons (Fsp3) is 0.533. The predicted molar refractivity (Wildman–Crippen MR) is 83.1 cm³/mol. The summed E-state index contributed by atoms with van der Waals surface area (Å²) in [5.41, 5.74) is 6.47. The van der Waals surface area contributed by atoms with E-state index in [1.54, 1.807) is 12.1 Å². The second-order valence-electron chi connectivity index (χ2n) is 5.68. The van der Waals surface area contributed by atoms with Crippen LogP contribution in [0.15, 0.2) is 18.2 Å². The second kappa shape index (κ2) is 6.33. The Bertz CT molecular complexity index is 503. The third kappa shape index (κ3) is 3.87. The average molecular weight is 315 g/mol. The standard InChI is InChI=1S/C15H20Cl2N2O/c1-15(9-18,11-4-5-11)19-14(20)7-3-10-2-6-12(16)8-13(10)17/h2,6,8,11H,3-5,7,9,18H2,1H3,(H,19,20). The van der Waals surface area contributed by atoms with Gasteiger partial charge in [-0.25, -0.2) is 0 Å². The number of hydrogen-bond donors (Lipinski definition) is 2. The Morgan fingerprint density at radius 2 is 2.15 bits per heavy atom. The van der Waals surface area contributed by atoms with Crippen molar-refractivity contribution in [3.05, 3.63) is 33.8 Å². The minimum atomic E-state index is -0.263. The molecule has 1 unspecified atom stereocenters. The SMILES string of the molecule is CC(CN)(NC(=O)CCc1ccc(Cl)cc1Cl)C1CC1. The summed E-state index contributed by atoms with van der Waals surface area (Å²) in [5, 5.41) is 4.28. The Labute approximate surface area is 129 Å². The Hall–Kier alpha value is -0.770. The smallest absolute Gasteiger partial charge is 0.220 e. The third-order valence-electron chi connectivity index (χ3n) is 3.96. The highest BCUT2D eigenvalue weighted by atomic mass is 35.5.